The highest BCUT2D eigenvalue weighted by atomic mass is 16.5. The van der Waals surface area contributed by atoms with Crippen molar-refractivity contribution in [3.63, 3.8) is 0 Å². The minimum absolute atomic E-state index is 0.0610. The molecule has 1 aliphatic rings. The van der Waals surface area contributed by atoms with Crippen LogP contribution in [-0.4, -0.2) is 17.0 Å². The Balaban J connectivity index is 1.71. The Bertz CT molecular complexity index is 804. The molecule has 1 fully saturated rings. The van der Waals surface area contributed by atoms with Crippen LogP contribution in [0.5, 0.6) is 0 Å². The summed E-state index contributed by atoms with van der Waals surface area (Å²) in [5.74, 6) is 0.165. The zero-order chi connectivity index (χ0) is 18.7. The fourth-order valence-electron chi connectivity index (χ4n) is 3.18. The Labute approximate surface area is 153 Å². The molecule has 2 aromatic rings. The van der Waals surface area contributed by atoms with Crippen molar-refractivity contribution in [1.29, 1.82) is 0 Å². The number of aromatic nitrogens is 1. The fourth-order valence-corrected chi connectivity index (χ4v) is 3.18. The van der Waals surface area contributed by atoms with Gasteiger partial charge in [-0.1, -0.05) is 37.9 Å². The standard InChI is InChI=1S/C20H25N3O3/c1-12(2)17-11-18(26-23-17)20(25)22-16-10-6-9-15(13(16)3)21-19(24)14-7-4-5-8-14/h6,9-12,14H,4-5,7-8H2,1-3H3,(H,21,24)(H,22,25). The zero-order valence-corrected chi connectivity index (χ0v) is 15.5. The molecule has 6 nitrogen and oxygen atoms in total. The molecule has 2 amide bonds. The lowest BCUT2D eigenvalue weighted by atomic mass is 10.1. The molecule has 0 unspecified atom stereocenters. The third kappa shape index (κ3) is 3.95. The maximum atomic E-state index is 12.4. The van der Waals surface area contributed by atoms with Crippen molar-refractivity contribution in [2.24, 2.45) is 5.92 Å². The summed E-state index contributed by atoms with van der Waals surface area (Å²) in [5, 5.41) is 9.75. The topological polar surface area (TPSA) is 84.2 Å². The number of benzene rings is 1. The largest absolute Gasteiger partial charge is 0.351 e. The monoisotopic (exact) mass is 355 g/mol. The first-order valence-corrected chi connectivity index (χ1v) is 9.14. The van der Waals surface area contributed by atoms with Crippen molar-refractivity contribution in [3.05, 3.63) is 41.3 Å². The number of nitrogens with zero attached hydrogens (tertiary/aromatic N) is 1. The SMILES string of the molecule is Cc1c(NC(=O)c2cc(C(C)C)no2)cccc1NC(=O)C1CCCC1. The number of hydrogen-bond donors (Lipinski definition) is 2. The molecule has 2 N–H and O–H groups in total. The molecule has 0 bridgehead atoms. The molecule has 1 aromatic heterocycles. The molecule has 0 atom stereocenters. The number of rotatable bonds is 5. The maximum absolute atomic E-state index is 12.4. The van der Waals surface area contributed by atoms with E-state index in [0.29, 0.717) is 5.69 Å². The third-order valence-electron chi connectivity index (χ3n) is 4.91. The van der Waals surface area contributed by atoms with Crippen molar-refractivity contribution >= 4 is 23.2 Å². The maximum Gasteiger partial charge on any atom is 0.294 e. The molecular weight excluding hydrogens is 330 g/mol. The fraction of sp³-hybridized carbons (Fsp3) is 0.450. The highest BCUT2D eigenvalue weighted by Gasteiger charge is 2.23. The minimum atomic E-state index is -0.355. The van der Waals surface area contributed by atoms with Gasteiger partial charge in [-0.05, 0) is 43.4 Å². The van der Waals surface area contributed by atoms with Crippen LogP contribution in [0.1, 0.15) is 67.3 Å². The Kier molecular flexibility index (Phi) is 5.40. The summed E-state index contributed by atoms with van der Waals surface area (Å²) < 4.78 is 5.13. The van der Waals surface area contributed by atoms with E-state index in [1.807, 2.05) is 32.9 Å². The van der Waals surface area contributed by atoms with Crippen molar-refractivity contribution in [2.75, 3.05) is 10.6 Å². The lowest BCUT2D eigenvalue weighted by Crippen LogP contribution is -2.21. The molecule has 1 saturated carbocycles. The van der Waals surface area contributed by atoms with Crippen LogP contribution in [0.3, 0.4) is 0 Å². The summed E-state index contributed by atoms with van der Waals surface area (Å²) >= 11 is 0. The minimum Gasteiger partial charge on any atom is -0.351 e. The van der Waals surface area contributed by atoms with Gasteiger partial charge >= 0.3 is 0 Å². The highest BCUT2D eigenvalue weighted by Crippen LogP contribution is 2.28. The second-order valence-electron chi connectivity index (χ2n) is 7.17. The molecular formula is C20H25N3O3. The van der Waals surface area contributed by atoms with Gasteiger partial charge in [-0.3, -0.25) is 9.59 Å². The Morgan fingerprint density at radius 1 is 1.15 bits per heavy atom. The Hall–Kier alpha value is -2.63. The summed E-state index contributed by atoms with van der Waals surface area (Å²) in [6, 6.07) is 7.12. The molecule has 26 heavy (non-hydrogen) atoms. The predicted octanol–water partition coefficient (Wildman–Crippen LogP) is 4.49. The second-order valence-corrected chi connectivity index (χ2v) is 7.17. The van der Waals surface area contributed by atoms with Crippen LogP contribution >= 0.6 is 0 Å². The first-order chi connectivity index (χ1) is 12.5. The van der Waals surface area contributed by atoms with E-state index in [4.69, 9.17) is 4.52 Å². The Morgan fingerprint density at radius 3 is 2.42 bits per heavy atom. The van der Waals surface area contributed by atoms with E-state index in [2.05, 4.69) is 15.8 Å². The summed E-state index contributed by atoms with van der Waals surface area (Å²) in [6.45, 7) is 5.85. The van der Waals surface area contributed by atoms with Crippen LogP contribution in [0, 0.1) is 12.8 Å². The summed E-state index contributed by atoms with van der Waals surface area (Å²) in [6.07, 6.45) is 4.13. The molecule has 1 heterocycles. The number of anilines is 2. The van der Waals surface area contributed by atoms with Crippen molar-refractivity contribution in [1.82, 2.24) is 5.16 Å². The van der Waals surface area contributed by atoms with Gasteiger partial charge in [-0.25, -0.2) is 0 Å². The van der Waals surface area contributed by atoms with E-state index >= 15 is 0 Å². The molecule has 1 aromatic carbocycles. The molecule has 0 saturated heterocycles. The van der Waals surface area contributed by atoms with Crippen LogP contribution in [0.25, 0.3) is 0 Å². The summed E-state index contributed by atoms with van der Waals surface area (Å²) in [5.41, 5.74) is 2.92. The van der Waals surface area contributed by atoms with Gasteiger partial charge in [-0.2, -0.15) is 0 Å². The number of amides is 2. The van der Waals surface area contributed by atoms with E-state index in [9.17, 15) is 9.59 Å². The molecule has 1 aliphatic carbocycles. The first kappa shape index (κ1) is 18.2. The number of carbonyl (C=O) groups excluding carboxylic acids is 2. The van der Waals surface area contributed by atoms with Crippen molar-refractivity contribution < 1.29 is 14.1 Å². The third-order valence-corrected chi connectivity index (χ3v) is 4.91. The molecule has 0 radical (unpaired) electrons. The van der Waals surface area contributed by atoms with Gasteiger partial charge in [0.1, 0.15) is 0 Å². The predicted molar refractivity (Wildman–Crippen MR) is 100 cm³/mol. The average molecular weight is 355 g/mol. The average Bonchev–Trinajstić information content (AvgIpc) is 3.29. The number of nitrogens with one attached hydrogen (secondary N) is 2. The lowest BCUT2D eigenvalue weighted by molar-refractivity contribution is -0.119. The highest BCUT2D eigenvalue weighted by molar-refractivity contribution is 6.03. The molecule has 3 rings (SSSR count). The smallest absolute Gasteiger partial charge is 0.294 e. The van der Waals surface area contributed by atoms with Crippen LogP contribution < -0.4 is 10.6 Å². The van der Waals surface area contributed by atoms with Gasteiger partial charge < -0.3 is 15.2 Å². The van der Waals surface area contributed by atoms with Crippen LogP contribution in [-0.2, 0) is 4.79 Å². The Morgan fingerprint density at radius 2 is 1.81 bits per heavy atom. The van der Waals surface area contributed by atoms with Gasteiger partial charge in [0.2, 0.25) is 11.7 Å². The van der Waals surface area contributed by atoms with E-state index in [1.54, 1.807) is 12.1 Å². The van der Waals surface area contributed by atoms with Gasteiger partial charge in [0.05, 0.1) is 5.69 Å². The summed E-state index contributed by atoms with van der Waals surface area (Å²) in [7, 11) is 0. The molecule has 0 aliphatic heterocycles. The number of carbonyl (C=O) groups is 2. The summed E-state index contributed by atoms with van der Waals surface area (Å²) in [4.78, 5) is 24.8. The van der Waals surface area contributed by atoms with E-state index in [-0.39, 0.29) is 29.4 Å². The van der Waals surface area contributed by atoms with Crippen LogP contribution in [0.15, 0.2) is 28.8 Å². The zero-order valence-electron chi connectivity index (χ0n) is 15.5. The second kappa shape index (κ2) is 7.72. The van der Waals surface area contributed by atoms with Crippen LogP contribution in [0.2, 0.25) is 0 Å². The van der Waals surface area contributed by atoms with Crippen molar-refractivity contribution in [2.45, 2.75) is 52.4 Å². The molecule has 0 spiro atoms. The molecule has 138 valence electrons. The van der Waals surface area contributed by atoms with E-state index in [1.165, 1.54) is 0 Å². The first-order valence-electron chi connectivity index (χ1n) is 9.14. The van der Waals surface area contributed by atoms with E-state index < -0.39 is 0 Å². The van der Waals surface area contributed by atoms with Gasteiger partial charge in [0.15, 0.2) is 0 Å². The lowest BCUT2D eigenvalue weighted by Gasteiger charge is -2.15. The normalized spacial score (nSPS) is 14.6. The van der Waals surface area contributed by atoms with E-state index in [0.717, 1.165) is 42.6 Å². The van der Waals surface area contributed by atoms with Crippen molar-refractivity contribution in [3.8, 4) is 0 Å². The van der Waals surface area contributed by atoms with Gasteiger partial charge in [0, 0.05) is 23.4 Å². The van der Waals surface area contributed by atoms with Gasteiger partial charge in [-0.15, -0.1) is 0 Å². The van der Waals surface area contributed by atoms with Crippen LogP contribution in [0.4, 0.5) is 11.4 Å². The quantitative estimate of drug-likeness (QED) is 0.828. The van der Waals surface area contributed by atoms with Gasteiger partial charge in [0.25, 0.3) is 5.91 Å². The molecule has 6 heteroatoms. The number of hydrogen-bond acceptors (Lipinski definition) is 4.